The highest BCUT2D eigenvalue weighted by atomic mass is 79.9. The number of piperidine rings is 1. The standard InChI is InChI=1S/C11H17BrN4O/c1-7-4-3-5-8(2)16(7)15-9-6-13-14-11(17)10(9)12/h6-8H,3-5H2,1-2H3,(H2,14,15,17). The van der Waals surface area contributed by atoms with Gasteiger partial charge in [0.2, 0.25) is 0 Å². The Bertz CT molecular complexity index is 437. The van der Waals surface area contributed by atoms with Crippen LogP contribution in [0.2, 0.25) is 0 Å². The zero-order valence-corrected chi connectivity index (χ0v) is 11.6. The van der Waals surface area contributed by atoms with Crippen LogP contribution in [-0.4, -0.2) is 27.3 Å². The van der Waals surface area contributed by atoms with E-state index in [1.165, 1.54) is 19.3 Å². The molecule has 94 valence electrons. The summed E-state index contributed by atoms with van der Waals surface area (Å²) in [7, 11) is 0. The Morgan fingerprint density at radius 2 is 2.12 bits per heavy atom. The molecule has 17 heavy (non-hydrogen) atoms. The van der Waals surface area contributed by atoms with Gasteiger partial charge < -0.3 is 5.43 Å². The molecule has 0 spiro atoms. The lowest BCUT2D eigenvalue weighted by atomic mass is 10.00. The molecule has 1 fully saturated rings. The number of rotatable bonds is 2. The average Bonchev–Trinajstić information content (AvgIpc) is 2.29. The number of aromatic nitrogens is 2. The quantitative estimate of drug-likeness (QED) is 0.878. The van der Waals surface area contributed by atoms with Crippen molar-refractivity contribution in [2.24, 2.45) is 0 Å². The summed E-state index contributed by atoms with van der Waals surface area (Å²) in [6.07, 6.45) is 5.23. The van der Waals surface area contributed by atoms with Crippen molar-refractivity contribution in [2.45, 2.75) is 45.2 Å². The van der Waals surface area contributed by atoms with Gasteiger partial charge in [0.25, 0.3) is 5.56 Å². The smallest absolute Gasteiger partial charge is 0.280 e. The van der Waals surface area contributed by atoms with E-state index in [-0.39, 0.29) is 5.56 Å². The van der Waals surface area contributed by atoms with Crippen LogP contribution in [-0.2, 0) is 0 Å². The normalized spacial score (nSPS) is 25.8. The number of hydrogen-bond acceptors (Lipinski definition) is 4. The van der Waals surface area contributed by atoms with Gasteiger partial charge in [-0.05, 0) is 42.6 Å². The van der Waals surface area contributed by atoms with Crippen molar-refractivity contribution < 1.29 is 0 Å². The number of aromatic amines is 1. The predicted molar refractivity (Wildman–Crippen MR) is 70.8 cm³/mol. The molecule has 2 unspecified atom stereocenters. The fourth-order valence-electron chi connectivity index (χ4n) is 2.24. The zero-order valence-electron chi connectivity index (χ0n) is 10.0. The van der Waals surface area contributed by atoms with Gasteiger partial charge in [0, 0.05) is 12.1 Å². The van der Waals surface area contributed by atoms with Crippen LogP contribution in [0.1, 0.15) is 33.1 Å². The molecular formula is C11H17BrN4O. The molecule has 1 saturated heterocycles. The average molecular weight is 301 g/mol. The number of anilines is 1. The lowest BCUT2D eigenvalue weighted by Gasteiger charge is -2.39. The van der Waals surface area contributed by atoms with Crippen LogP contribution in [0.4, 0.5) is 5.69 Å². The maximum Gasteiger partial charge on any atom is 0.280 e. The van der Waals surface area contributed by atoms with E-state index < -0.39 is 0 Å². The molecule has 2 rings (SSSR count). The summed E-state index contributed by atoms with van der Waals surface area (Å²) < 4.78 is 0.498. The summed E-state index contributed by atoms with van der Waals surface area (Å²) >= 11 is 3.27. The van der Waals surface area contributed by atoms with Crippen LogP contribution >= 0.6 is 15.9 Å². The maximum atomic E-state index is 11.4. The fourth-order valence-corrected chi connectivity index (χ4v) is 2.52. The summed E-state index contributed by atoms with van der Waals surface area (Å²) in [6.45, 7) is 4.38. The highest BCUT2D eigenvalue weighted by molar-refractivity contribution is 9.10. The third-order valence-electron chi connectivity index (χ3n) is 3.24. The van der Waals surface area contributed by atoms with Gasteiger partial charge in [0.05, 0.1) is 11.9 Å². The van der Waals surface area contributed by atoms with Crippen molar-refractivity contribution in [3.8, 4) is 0 Å². The second-order valence-corrected chi connectivity index (χ2v) is 5.37. The molecule has 5 nitrogen and oxygen atoms in total. The van der Waals surface area contributed by atoms with Gasteiger partial charge in [-0.1, -0.05) is 6.42 Å². The van der Waals surface area contributed by atoms with E-state index in [2.05, 4.69) is 50.4 Å². The molecule has 0 amide bonds. The molecule has 6 heteroatoms. The van der Waals surface area contributed by atoms with Crippen LogP contribution in [0.15, 0.2) is 15.5 Å². The number of hydrogen-bond donors (Lipinski definition) is 2. The molecule has 1 aliphatic rings. The van der Waals surface area contributed by atoms with E-state index in [0.717, 1.165) is 0 Å². The Labute approximate surface area is 109 Å². The predicted octanol–water partition coefficient (Wildman–Crippen LogP) is 2.12. The monoisotopic (exact) mass is 300 g/mol. The molecule has 0 radical (unpaired) electrons. The Morgan fingerprint density at radius 3 is 2.76 bits per heavy atom. The Morgan fingerprint density at radius 1 is 1.47 bits per heavy atom. The Kier molecular flexibility index (Phi) is 3.83. The molecule has 1 aromatic rings. The van der Waals surface area contributed by atoms with E-state index in [1.54, 1.807) is 6.20 Å². The Balaban J connectivity index is 2.19. The number of halogens is 1. The largest absolute Gasteiger partial charge is 0.316 e. The SMILES string of the molecule is CC1CCCC(C)N1Nc1cn[nH]c(=O)c1Br. The van der Waals surface area contributed by atoms with E-state index >= 15 is 0 Å². The maximum absolute atomic E-state index is 11.4. The summed E-state index contributed by atoms with van der Waals surface area (Å²) in [4.78, 5) is 11.4. The molecule has 1 aromatic heterocycles. The van der Waals surface area contributed by atoms with E-state index in [9.17, 15) is 4.79 Å². The summed E-state index contributed by atoms with van der Waals surface area (Å²) in [6, 6.07) is 0.926. The van der Waals surface area contributed by atoms with Gasteiger partial charge in [0.1, 0.15) is 4.47 Å². The van der Waals surface area contributed by atoms with Crippen LogP contribution in [0, 0.1) is 0 Å². The molecule has 0 saturated carbocycles. The van der Waals surface area contributed by atoms with Crippen molar-refractivity contribution in [3.63, 3.8) is 0 Å². The van der Waals surface area contributed by atoms with Crippen molar-refractivity contribution in [1.82, 2.24) is 15.2 Å². The lowest BCUT2D eigenvalue weighted by molar-refractivity contribution is 0.135. The molecule has 1 aliphatic heterocycles. The minimum absolute atomic E-state index is 0.215. The fraction of sp³-hybridized carbons (Fsp3) is 0.636. The zero-order chi connectivity index (χ0) is 12.4. The molecule has 0 aliphatic carbocycles. The van der Waals surface area contributed by atoms with Gasteiger partial charge in [-0.3, -0.25) is 4.79 Å². The van der Waals surface area contributed by atoms with Gasteiger partial charge in [-0.2, -0.15) is 5.10 Å². The minimum Gasteiger partial charge on any atom is -0.316 e. The third-order valence-corrected chi connectivity index (χ3v) is 4.03. The van der Waals surface area contributed by atoms with Crippen molar-refractivity contribution >= 4 is 21.6 Å². The first-order chi connectivity index (χ1) is 8.09. The second-order valence-electron chi connectivity index (χ2n) is 4.57. The molecule has 0 aromatic carbocycles. The highest BCUT2D eigenvalue weighted by Crippen LogP contribution is 2.25. The summed E-state index contributed by atoms with van der Waals surface area (Å²) in [5.41, 5.74) is 3.79. The topological polar surface area (TPSA) is 61.0 Å². The summed E-state index contributed by atoms with van der Waals surface area (Å²) in [5, 5.41) is 8.39. The number of nitrogens with zero attached hydrogens (tertiary/aromatic N) is 2. The van der Waals surface area contributed by atoms with Crippen LogP contribution in [0.3, 0.4) is 0 Å². The van der Waals surface area contributed by atoms with Crippen molar-refractivity contribution in [1.29, 1.82) is 0 Å². The number of hydrazine groups is 1. The first-order valence-electron chi connectivity index (χ1n) is 5.87. The van der Waals surface area contributed by atoms with Crippen LogP contribution in [0.5, 0.6) is 0 Å². The molecule has 0 bridgehead atoms. The van der Waals surface area contributed by atoms with Gasteiger partial charge in [-0.25, -0.2) is 10.1 Å². The van der Waals surface area contributed by atoms with E-state index in [0.29, 0.717) is 22.2 Å². The van der Waals surface area contributed by atoms with E-state index in [4.69, 9.17) is 0 Å². The van der Waals surface area contributed by atoms with Crippen molar-refractivity contribution in [2.75, 3.05) is 5.43 Å². The van der Waals surface area contributed by atoms with Gasteiger partial charge in [0.15, 0.2) is 0 Å². The minimum atomic E-state index is -0.215. The first kappa shape index (κ1) is 12.6. The van der Waals surface area contributed by atoms with E-state index in [1.807, 2.05) is 0 Å². The second kappa shape index (κ2) is 5.18. The first-order valence-corrected chi connectivity index (χ1v) is 6.67. The lowest BCUT2D eigenvalue weighted by Crippen LogP contribution is -2.47. The molecule has 2 N–H and O–H groups in total. The molecular weight excluding hydrogens is 284 g/mol. The third kappa shape index (κ3) is 2.69. The molecule has 2 atom stereocenters. The van der Waals surface area contributed by atoms with Crippen LogP contribution < -0.4 is 11.0 Å². The van der Waals surface area contributed by atoms with Gasteiger partial charge in [-0.15, -0.1) is 0 Å². The Hall–Kier alpha value is -0.880. The van der Waals surface area contributed by atoms with Crippen molar-refractivity contribution in [3.05, 3.63) is 21.0 Å². The number of nitrogens with one attached hydrogen (secondary N) is 2. The number of H-pyrrole nitrogens is 1. The highest BCUT2D eigenvalue weighted by Gasteiger charge is 2.25. The van der Waals surface area contributed by atoms with Crippen LogP contribution in [0.25, 0.3) is 0 Å². The molecule has 2 heterocycles. The summed E-state index contributed by atoms with van der Waals surface area (Å²) in [5.74, 6) is 0. The van der Waals surface area contributed by atoms with Gasteiger partial charge >= 0.3 is 0 Å².